The molecule has 0 amide bonds. The summed E-state index contributed by atoms with van der Waals surface area (Å²) in [6.45, 7) is 12.7. The standard InChI is InChI=1S/C27H48O/c1-18(2)7-6-8-19(3)23-11-12-24-22-10-9-20-17-21(28)13-15-26(20,4)25(22)14-16-27(23,24)5/h18-25,28H,6-17H2,1-5H3/t19-,20?,21+,22+,23?,24+,25+,26+,27-/m1/s1. The molecule has 0 heterocycles. The molecule has 0 aromatic carbocycles. The van der Waals surface area contributed by atoms with E-state index < -0.39 is 0 Å². The van der Waals surface area contributed by atoms with Crippen LogP contribution in [0, 0.1) is 52.3 Å². The first-order valence-electron chi connectivity index (χ1n) is 12.9. The lowest BCUT2D eigenvalue weighted by Gasteiger charge is -2.61. The number of aliphatic hydroxyl groups is 1. The second kappa shape index (κ2) is 7.90. The summed E-state index contributed by atoms with van der Waals surface area (Å²) in [5.74, 6) is 6.49. The van der Waals surface area contributed by atoms with Gasteiger partial charge in [0.15, 0.2) is 0 Å². The zero-order valence-electron chi connectivity index (χ0n) is 19.6. The second-order valence-electron chi connectivity index (χ2n) is 12.6. The van der Waals surface area contributed by atoms with E-state index in [1.165, 1.54) is 64.2 Å². The fraction of sp³-hybridized carbons (Fsp3) is 1.00. The van der Waals surface area contributed by atoms with Gasteiger partial charge in [0.2, 0.25) is 0 Å². The van der Waals surface area contributed by atoms with Gasteiger partial charge in [-0.2, -0.15) is 0 Å². The maximum absolute atomic E-state index is 10.3. The molecule has 4 rings (SSSR count). The SMILES string of the molecule is CC(C)CCC[C@@H](C)C1CC[C@H]2[C@@H]3CCC4C[C@@H](O)CC[C@]4(C)[C@H]3CC[C@]12C. The molecule has 4 saturated carbocycles. The fourth-order valence-electron chi connectivity index (χ4n) is 9.26. The topological polar surface area (TPSA) is 20.2 Å². The maximum Gasteiger partial charge on any atom is 0.0543 e. The number of fused-ring (bicyclic) bond motifs is 5. The van der Waals surface area contributed by atoms with Crippen molar-refractivity contribution in [1.82, 2.24) is 0 Å². The summed E-state index contributed by atoms with van der Waals surface area (Å²) in [7, 11) is 0. The Morgan fingerprint density at radius 1 is 0.821 bits per heavy atom. The van der Waals surface area contributed by atoms with E-state index in [9.17, 15) is 5.11 Å². The summed E-state index contributed by atoms with van der Waals surface area (Å²) in [4.78, 5) is 0. The van der Waals surface area contributed by atoms with E-state index in [4.69, 9.17) is 0 Å². The molecular weight excluding hydrogens is 340 g/mol. The number of rotatable bonds is 5. The van der Waals surface area contributed by atoms with Gasteiger partial charge in [0.25, 0.3) is 0 Å². The van der Waals surface area contributed by atoms with Crippen LogP contribution in [0.4, 0.5) is 0 Å². The normalized spacial score (nSPS) is 49.4. The molecule has 4 aliphatic rings. The van der Waals surface area contributed by atoms with Crippen LogP contribution in [0.1, 0.15) is 112 Å². The molecule has 28 heavy (non-hydrogen) atoms. The Bertz CT molecular complexity index is 540. The Kier molecular flexibility index (Phi) is 5.98. The van der Waals surface area contributed by atoms with Gasteiger partial charge in [0.05, 0.1) is 6.10 Å². The largest absolute Gasteiger partial charge is 0.393 e. The number of aliphatic hydroxyl groups excluding tert-OH is 1. The molecule has 4 fully saturated rings. The molecule has 0 aromatic rings. The molecule has 0 saturated heterocycles. The molecule has 0 aromatic heterocycles. The van der Waals surface area contributed by atoms with Crippen LogP contribution in [0.15, 0.2) is 0 Å². The first-order chi connectivity index (χ1) is 13.3. The highest BCUT2D eigenvalue weighted by Gasteiger charge is 2.60. The summed E-state index contributed by atoms with van der Waals surface area (Å²) in [5.41, 5.74) is 1.15. The molecule has 0 radical (unpaired) electrons. The zero-order valence-corrected chi connectivity index (χ0v) is 19.6. The van der Waals surface area contributed by atoms with Gasteiger partial charge in [-0.3, -0.25) is 0 Å². The summed E-state index contributed by atoms with van der Waals surface area (Å²) in [6.07, 6.45) is 16.6. The monoisotopic (exact) mass is 388 g/mol. The van der Waals surface area contributed by atoms with Gasteiger partial charge in [-0.05, 0) is 110 Å². The fourth-order valence-corrected chi connectivity index (χ4v) is 9.26. The van der Waals surface area contributed by atoms with Crippen molar-refractivity contribution in [1.29, 1.82) is 0 Å². The first kappa shape index (κ1) is 21.2. The zero-order chi connectivity index (χ0) is 20.1. The third kappa shape index (κ3) is 3.50. The Hall–Kier alpha value is -0.0400. The Morgan fingerprint density at radius 3 is 2.29 bits per heavy atom. The Balaban J connectivity index is 1.46. The summed E-state index contributed by atoms with van der Waals surface area (Å²) >= 11 is 0. The van der Waals surface area contributed by atoms with Gasteiger partial charge in [-0.15, -0.1) is 0 Å². The first-order valence-corrected chi connectivity index (χ1v) is 12.9. The average Bonchev–Trinajstić information content (AvgIpc) is 2.99. The van der Waals surface area contributed by atoms with Crippen molar-refractivity contribution in [2.45, 2.75) is 118 Å². The minimum absolute atomic E-state index is 0.00830. The summed E-state index contributed by atoms with van der Waals surface area (Å²) in [5, 5.41) is 10.3. The summed E-state index contributed by atoms with van der Waals surface area (Å²) < 4.78 is 0. The van der Waals surface area contributed by atoms with Crippen LogP contribution in [0.25, 0.3) is 0 Å². The van der Waals surface area contributed by atoms with Gasteiger partial charge in [0, 0.05) is 0 Å². The molecule has 1 heteroatoms. The summed E-state index contributed by atoms with van der Waals surface area (Å²) in [6, 6.07) is 0. The van der Waals surface area contributed by atoms with Gasteiger partial charge < -0.3 is 5.11 Å². The Morgan fingerprint density at radius 2 is 1.54 bits per heavy atom. The van der Waals surface area contributed by atoms with Crippen molar-refractivity contribution in [2.75, 3.05) is 0 Å². The molecule has 0 aliphatic heterocycles. The third-order valence-corrected chi connectivity index (χ3v) is 10.8. The van der Waals surface area contributed by atoms with Gasteiger partial charge in [-0.25, -0.2) is 0 Å². The van der Waals surface area contributed by atoms with E-state index in [1.807, 2.05) is 0 Å². The van der Waals surface area contributed by atoms with Gasteiger partial charge in [-0.1, -0.05) is 53.9 Å². The van der Waals surface area contributed by atoms with Crippen LogP contribution in [0.5, 0.6) is 0 Å². The van der Waals surface area contributed by atoms with Crippen molar-refractivity contribution in [2.24, 2.45) is 52.3 Å². The minimum Gasteiger partial charge on any atom is -0.393 e. The van der Waals surface area contributed by atoms with Crippen molar-refractivity contribution < 1.29 is 5.11 Å². The molecule has 0 bridgehead atoms. The van der Waals surface area contributed by atoms with Crippen LogP contribution in [0.2, 0.25) is 0 Å². The molecule has 1 N–H and O–H groups in total. The molecule has 0 spiro atoms. The highest BCUT2D eigenvalue weighted by molar-refractivity contribution is 5.09. The minimum atomic E-state index is -0.00830. The van der Waals surface area contributed by atoms with E-state index in [1.54, 1.807) is 0 Å². The molecular formula is C27H48O. The molecule has 4 aliphatic carbocycles. The number of hydrogen-bond donors (Lipinski definition) is 1. The van der Waals surface area contributed by atoms with E-state index in [0.717, 1.165) is 54.3 Å². The lowest BCUT2D eigenvalue weighted by molar-refractivity contribution is -0.129. The van der Waals surface area contributed by atoms with Crippen molar-refractivity contribution >= 4 is 0 Å². The predicted octanol–water partition coefficient (Wildman–Crippen LogP) is 7.47. The highest BCUT2D eigenvalue weighted by atomic mass is 16.3. The van der Waals surface area contributed by atoms with Crippen LogP contribution >= 0.6 is 0 Å². The Labute approximate surface area is 175 Å². The van der Waals surface area contributed by atoms with Crippen molar-refractivity contribution in [3.63, 3.8) is 0 Å². The smallest absolute Gasteiger partial charge is 0.0543 e. The van der Waals surface area contributed by atoms with Crippen LogP contribution in [-0.2, 0) is 0 Å². The van der Waals surface area contributed by atoms with Crippen LogP contribution in [0.3, 0.4) is 0 Å². The molecule has 1 nitrogen and oxygen atoms in total. The second-order valence-corrected chi connectivity index (χ2v) is 12.6. The van der Waals surface area contributed by atoms with Gasteiger partial charge in [0.1, 0.15) is 0 Å². The lowest BCUT2D eigenvalue weighted by atomic mass is 9.44. The maximum atomic E-state index is 10.3. The highest BCUT2D eigenvalue weighted by Crippen LogP contribution is 2.68. The predicted molar refractivity (Wildman–Crippen MR) is 119 cm³/mol. The molecule has 2 unspecified atom stereocenters. The van der Waals surface area contributed by atoms with Crippen LogP contribution in [-0.4, -0.2) is 11.2 Å². The lowest BCUT2D eigenvalue weighted by Crippen LogP contribution is -2.54. The van der Waals surface area contributed by atoms with E-state index >= 15 is 0 Å². The molecule has 9 atom stereocenters. The van der Waals surface area contributed by atoms with Gasteiger partial charge >= 0.3 is 0 Å². The number of hydrogen-bond acceptors (Lipinski definition) is 1. The quantitative estimate of drug-likeness (QED) is 0.518. The van der Waals surface area contributed by atoms with Crippen molar-refractivity contribution in [3.05, 3.63) is 0 Å². The van der Waals surface area contributed by atoms with E-state index in [2.05, 4.69) is 34.6 Å². The average molecular weight is 389 g/mol. The molecule has 162 valence electrons. The van der Waals surface area contributed by atoms with E-state index in [0.29, 0.717) is 10.8 Å². The third-order valence-electron chi connectivity index (χ3n) is 10.8. The van der Waals surface area contributed by atoms with Crippen LogP contribution < -0.4 is 0 Å². The van der Waals surface area contributed by atoms with E-state index in [-0.39, 0.29) is 6.10 Å². The van der Waals surface area contributed by atoms with Crippen molar-refractivity contribution in [3.8, 4) is 0 Å².